The van der Waals surface area contributed by atoms with Crippen LogP contribution in [0.5, 0.6) is 5.75 Å². The van der Waals surface area contributed by atoms with E-state index in [1.807, 2.05) is 0 Å². The number of thiazole rings is 1. The highest BCUT2D eigenvalue weighted by Crippen LogP contribution is 2.39. The molecule has 1 N–H and O–H groups in total. The van der Waals surface area contributed by atoms with Crippen molar-refractivity contribution in [1.82, 2.24) is 9.88 Å². The minimum Gasteiger partial charge on any atom is -0.488 e. The van der Waals surface area contributed by atoms with E-state index in [1.54, 1.807) is 18.3 Å². The molecule has 27 heavy (non-hydrogen) atoms. The van der Waals surface area contributed by atoms with Gasteiger partial charge in [0, 0.05) is 38.4 Å². The molecule has 1 aromatic carbocycles. The van der Waals surface area contributed by atoms with Crippen molar-refractivity contribution in [2.75, 3.05) is 19.3 Å². The van der Waals surface area contributed by atoms with Crippen LogP contribution in [0.25, 0.3) is 0 Å². The Bertz CT molecular complexity index is 919. The molecule has 0 saturated carbocycles. The predicted octanol–water partition coefficient (Wildman–Crippen LogP) is 3.06. The number of carbonyl (C=O) groups is 1. The minimum absolute atomic E-state index is 0.0834. The van der Waals surface area contributed by atoms with Gasteiger partial charge in [-0.05, 0) is 24.3 Å². The fraction of sp³-hybridized carbons (Fsp3) is 0.412. The number of sulfone groups is 1. The van der Waals surface area contributed by atoms with Gasteiger partial charge in [0.1, 0.15) is 17.4 Å². The minimum atomic E-state index is -3.26. The second-order valence-electron chi connectivity index (χ2n) is 6.40. The van der Waals surface area contributed by atoms with Gasteiger partial charge in [-0.25, -0.2) is 22.6 Å². The molecule has 0 radical (unpaired) electrons. The summed E-state index contributed by atoms with van der Waals surface area (Å²) in [4.78, 5) is 17.2. The Morgan fingerprint density at radius 1 is 1.33 bits per heavy atom. The highest BCUT2D eigenvalue weighted by molar-refractivity contribution is 7.90. The maximum Gasteiger partial charge on any atom is 0.407 e. The first kappa shape index (κ1) is 19.6. The summed E-state index contributed by atoms with van der Waals surface area (Å²) in [5.41, 5.74) is -1.62. The molecule has 0 bridgehead atoms. The summed E-state index contributed by atoms with van der Waals surface area (Å²) in [5.74, 6) is 0.502. The van der Waals surface area contributed by atoms with Crippen LogP contribution in [0, 0.1) is 0 Å². The van der Waals surface area contributed by atoms with Crippen molar-refractivity contribution < 1.29 is 27.4 Å². The Kier molecular flexibility index (Phi) is 5.38. The normalized spacial score (nSPS) is 16.9. The first-order chi connectivity index (χ1) is 12.7. The highest BCUT2D eigenvalue weighted by atomic mass is 32.2. The molecule has 2 heterocycles. The number of carboxylic acid groups (broad SMARTS) is 1. The van der Waals surface area contributed by atoms with Gasteiger partial charge in [0.15, 0.2) is 15.5 Å². The van der Waals surface area contributed by atoms with Crippen molar-refractivity contribution >= 4 is 27.3 Å². The number of hydrogen-bond acceptors (Lipinski definition) is 6. The number of nitrogens with zero attached hydrogens (tertiary/aromatic N) is 2. The van der Waals surface area contributed by atoms with Crippen LogP contribution in [0.3, 0.4) is 0 Å². The van der Waals surface area contributed by atoms with Crippen molar-refractivity contribution in [2.45, 2.75) is 30.0 Å². The smallest absolute Gasteiger partial charge is 0.407 e. The second kappa shape index (κ2) is 7.43. The van der Waals surface area contributed by atoms with Crippen molar-refractivity contribution in [2.24, 2.45) is 0 Å². The van der Waals surface area contributed by atoms with Crippen LogP contribution in [0.15, 0.2) is 35.4 Å². The molecule has 0 atom stereocenters. The molecular weight excluding hydrogens is 395 g/mol. The Labute approximate surface area is 160 Å². The number of benzene rings is 1. The number of rotatable bonds is 5. The number of likely N-dealkylation sites (tertiary alicyclic amines) is 1. The third kappa shape index (κ3) is 4.56. The van der Waals surface area contributed by atoms with Gasteiger partial charge >= 0.3 is 6.09 Å². The molecule has 1 fully saturated rings. The van der Waals surface area contributed by atoms with Crippen LogP contribution >= 0.6 is 11.3 Å². The molecule has 7 nitrogen and oxygen atoms in total. The Balaban J connectivity index is 1.61. The highest BCUT2D eigenvalue weighted by Gasteiger charge is 2.40. The van der Waals surface area contributed by atoms with Crippen LogP contribution in [0.2, 0.25) is 0 Å². The van der Waals surface area contributed by atoms with Crippen molar-refractivity contribution in [1.29, 1.82) is 0 Å². The van der Waals surface area contributed by atoms with E-state index >= 15 is 4.39 Å². The van der Waals surface area contributed by atoms with Gasteiger partial charge in [-0.15, -0.1) is 11.3 Å². The molecule has 2 aromatic rings. The van der Waals surface area contributed by atoms with Gasteiger partial charge < -0.3 is 14.7 Å². The molecule has 146 valence electrons. The number of alkyl halides is 1. The molecule has 0 unspecified atom stereocenters. The van der Waals surface area contributed by atoms with Crippen molar-refractivity contribution in [3.05, 3.63) is 40.3 Å². The number of amides is 1. The van der Waals surface area contributed by atoms with Gasteiger partial charge in [-0.3, -0.25) is 0 Å². The molecule has 1 saturated heterocycles. The molecule has 3 rings (SSSR count). The third-order valence-corrected chi connectivity index (χ3v) is 6.67. The van der Waals surface area contributed by atoms with E-state index in [0.29, 0.717) is 10.8 Å². The lowest BCUT2D eigenvalue weighted by molar-refractivity contribution is 0.0550. The first-order valence-electron chi connectivity index (χ1n) is 8.22. The molecule has 1 aliphatic rings. The third-order valence-electron chi connectivity index (χ3n) is 4.40. The van der Waals surface area contributed by atoms with Crippen molar-refractivity contribution in [3.63, 3.8) is 0 Å². The van der Waals surface area contributed by atoms with E-state index in [0.717, 1.165) is 11.1 Å². The van der Waals surface area contributed by atoms with Gasteiger partial charge in [-0.1, -0.05) is 0 Å². The first-order valence-corrected chi connectivity index (χ1v) is 10.9. The van der Waals surface area contributed by atoms with Crippen LogP contribution in [-0.4, -0.2) is 48.8 Å². The van der Waals surface area contributed by atoms with E-state index in [9.17, 15) is 13.2 Å². The van der Waals surface area contributed by atoms with Gasteiger partial charge in [0.25, 0.3) is 0 Å². The van der Waals surface area contributed by atoms with Crippen LogP contribution in [0.4, 0.5) is 9.18 Å². The quantitative estimate of drug-likeness (QED) is 0.808. The zero-order valence-corrected chi connectivity index (χ0v) is 16.2. The molecular formula is C17H19FN2O5S2. The lowest BCUT2D eigenvalue weighted by Gasteiger charge is -2.33. The van der Waals surface area contributed by atoms with Crippen LogP contribution < -0.4 is 4.74 Å². The molecule has 1 aromatic heterocycles. The van der Waals surface area contributed by atoms with Crippen LogP contribution in [-0.2, 0) is 22.1 Å². The van der Waals surface area contributed by atoms with E-state index in [4.69, 9.17) is 9.84 Å². The molecule has 1 aliphatic heterocycles. The van der Waals surface area contributed by atoms with E-state index in [2.05, 4.69) is 4.98 Å². The monoisotopic (exact) mass is 414 g/mol. The average molecular weight is 414 g/mol. The summed E-state index contributed by atoms with van der Waals surface area (Å²) < 4.78 is 43.6. The summed E-state index contributed by atoms with van der Waals surface area (Å²) in [5, 5.41) is 9.30. The van der Waals surface area contributed by atoms with E-state index in [1.165, 1.54) is 28.4 Å². The molecule has 0 spiro atoms. The summed E-state index contributed by atoms with van der Waals surface area (Å²) in [6.45, 7) is 0.473. The molecule has 1 amide bonds. The summed E-state index contributed by atoms with van der Waals surface area (Å²) in [7, 11) is -3.26. The maximum atomic E-state index is 15.1. The number of hydrogen-bond donors (Lipinski definition) is 1. The SMILES string of the molecule is CS(=O)(=O)c1ccc(OCc2cnc(C3(F)CCN(C(=O)O)CC3)s2)cc1. The van der Waals surface area contributed by atoms with Crippen LogP contribution in [0.1, 0.15) is 22.7 Å². The Morgan fingerprint density at radius 3 is 2.52 bits per heavy atom. The standard InChI is InChI=1S/C17H19FN2O5S2/c1-27(23,24)14-4-2-12(3-5-14)25-11-13-10-19-15(26-13)17(18)6-8-20(9-7-17)16(21)22/h2-5,10H,6-9,11H2,1H3,(H,21,22). The zero-order chi connectivity index (χ0) is 19.7. The van der Waals surface area contributed by atoms with Gasteiger partial charge in [0.05, 0.1) is 9.77 Å². The van der Waals surface area contributed by atoms with E-state index < -0.39 is 21.6 Å². The Hall–Kier alpha value is -2.20. The largest absolute Gasteiger partial charge is 0.488 e. The fourth-order valence-corrected chi connectivity index (χ4v) is 4.38. The maximum absolute atomic E-state index is 15.1. The average Bonchev–Trinajstić information content (AvgIpc) is 3.10. The van der Waals surface area contributed by atoms with Gasteiger partial charge in [-0.2, -0.15) is 0 Å². The summed E-state index contributed by atoms with van der Waals surface area (Å²) in [6, 6.07) is 6.07. The molecule has 0 aliphatic carbocycles. The number of aromatic nitrogens is 1. The fourth-order valence-electron chi connectivity index (χ4n) is 2.79. The summed E-state index contributed by atoms with van der Waals surface area (Å²) >= 11 is 1.20. The number of piperidine rings is 1. The van der Waals surface area contributed by atoms with Crippen molar-refractivity contribution in [3.8, 4) is 5.75 Å². The number of halogens is 1. The topological polar surface area (TPSA) is 96.8 Å². The lowest BCUT2D eigenvalue weighted by Crippen LogP contribution is -2.42. The van der Waals surface area contributed by atoms with E-state index in [-0.39, 0.29) is 37.4 Å². The Morgan fingerprint density at radius 2 is 1.96 bits per heavy atom. The molecule has 10 heteroatoms. The predicted molar refractivity (Wildman–Crippen MR) is 97.6 cm³/mol. The summed E-state index contributed by atoms with van der Waals surface area (Å²) in [6.07, 6.45) is 1.82. The number of ether oxygens (including phenoxy) is 1. The second-order valence-corrected chi connectivity index (χ2v) is 9.53. The van der Waals surface area contributed by atoms with Gasteiger partial charge in [0.2, 0.25) is 0 Å². The lowest BCUT2D eigenvalue weighted by atomic mass is 9.94. The zero-order valence-electron chi connectivity index (χ0n) is 14.6.